The maximum absolute atomic E-state index is 12.2. The number of nitrogens with two attached hydrogens (primary N) is 1. The number of hydrogen-bond acceptors (Lipinski definition) is 4. The Morgan fingerprint density at radius 2 is 2.05 bits per heavy atom. The molecule has 1 heterocycles. The van der Waals surface area contributed by atoms with Crippen LogP contribution in [-0.2, 0) is 25.3 Å². The molecule has 1 amide bonds. The topological polar surface area (TPSA) is 98.5 Å². The number of carbonyl (C=O) groups excluding carboxylic acids is 1. The van der Waals surface area contributed by atoms with E-state index in [9.17, 15) is 13.2 Å². The number of rotatable bonds is 6. The van der Waals surface area contributed by atoms with E-state index in [1.807, 2.05) is 25.1 Å². The first-order valence-corrected chi connectivity index (χ1v) is 8.89. The monoisotopic (exact) mass is 326 g/mol. The van der Waals surface area contributed by atoms with Gasteiger partial charge in [-0.05, 0) is 25.3 Å². The lowest BCUT2D eigenvalue weighted by molar-refractivity contribution is -0.132. The third kappa shape index (κ3) is 4.28. The number of nitrogens with one attached hydrogen (secondary N) is 1. The predicted octanol–water partition coefficient (Wildman–Crippen LogP) is 0.697. The van der Waals surface area contributed by atoms with Crippen LogP contribution in [0.1, 0.15) is 24.0 Å². The van der Waals surface area contributed by atoms with E-state index in [1.54, 1.807) is 6.07 Å². The predicted molar refractivity (Wildman–Crippen MR) is 83.5 cm³/mol. The molecular weight excluding hydrogens is 304 g/mol. The summed E-state index contributed by atoms with van der Waals surface area (Å²) in [5.74, 6) is -0.589. The summed E-state index contributed by atoms with van der Waals surface area (Å²) in [6, 6.07) is 7.33. The van der Waals surface area contributed by atoms with Crippen molar-refractivity contribution in [1.82, 2.24) is 4.72 Å². The lowest BCUT2D eigenvalue weighted by Gasteiger charge is -2.34. The minimum Gasteiger partial charge on any atom is -0.381 e. The number of benzene rings is 1. The van der Waals surface area contributed by atoms with Gasteiger partial charge in [0.2, 0.25) is 15.9 Å². The van der Waals surface area contributed by atoms with E-state index >= 15 is 0 Å². The molecule has 6 nitrogen and oxygen atoms in total. The van der Waals surface area contributed by atoms with Gasteiger partial charge in [0, 0.05) is 19.8 Å². The molecule has 0 saturated carbocycles. The summed E-state index contributed by atoms with van der Waals surface area (Å²) in [6.45, 7) is 2.78. The van der Waals surface area contributed by atoms with Crippen molar-refractivity contribution in [2.45, 2.75) is 25.5 Å². The first kappa shape index (κ1) is 16.9. The Balaban J connectivity index is 2.03. The van der Waals surface area contributed by atoms with Crippen LogP contribution in [0.4, 0.5) is 0 Å². The second-order valence-corrected chi connectivity index (χ2v) is 7.63. The number of primary amides is 1. The Bertz CT molecular complexity index is 637. The summed E-state index contributed by atoms with van der Waals surface area (Å²) < 4.78 is 32.2. The molecule has 1 saturated heterocycles. The maximum atomic E-state index is 12.2. The molecule has 0 aliphatic carbocycles. The Kier molecular flexibility index (Phi) is 5.20. The molecule has 1 aliphatic heterocycles. The first-order chi connectivity index (χ1) is 10.3. The zero-order valence-electron chi connectivity index (χ0n) is 12.7. The summed E-state index contributed by atoms with van der Waals surface area (Å²) >= 11 is 0. The Labute approximate surface area is 131 Å². The highest BCUT2D eigenvalue weighted by molar-refractivity contribution is 7.88. The highest BCUT2D eigenvalue weighted by Crippen LogP contribution is 2.29. The Hall–Kier alpha value is -1.44. The van der Waals surface area contributed by atoms with Gasteiger partial charge in [-0.1, -0.05) is 29.8 Å². The fourth-order valence-electron chi connectivity index (χ4n) is 2.59. The van der Waals surface area contributed by atoms with Crippen molar-refractivity contribution >= 4 is 15.9 Å². The first-order valence-electron chi connectivity index (χ1n) is 7.24. The van der Waals surface area contributed by atoms with Crippen molar-refractivity contribution < 1.29 is 17.9 Å². The minimum absolute atomic E-state index is 0.0276. The molecule has 3 N–H and O–H groups in total. The molecule has 22 heavy (non-hydrogen) atoms. The van der Waals surface area contributed by atoms with Gasteiger partial charge < -0.3 is 10.5 Å². The van der Waals surface area contributed by atoms with E-state index in [4.69, 9.17) is 10.5 Å². The van der Waals surface area contributed by atoms with Gasteiger partial charge >= 0.3 is 0 Å². The summed E-state index contributed by atoms with van der Waals surface area (Å²) in [4.78, 5) is 11.7. The number of hydrogen-bond donors (Lipinski definition) is 2. The lowest BCUT2D eigenvalue weighted by Crippen LogP contribution is -2.49. The van der Waals surface area contributed by atoms with Gasteiger partial charge in [-0.3, -0.25) is 4.79 Å². The third-order valence-electron chi connectivity index (χ3n) is 4.04. The van der Waals surface area contributed by atoms with Gasteiger partial charge in [-0.15, -0.1) is 0 Å². The third-order valence-corrected chi connectivity index (χ3v) is 5.34. The van der Waals surface area contributed by atoms with Crippen LogP contribution >= 0.6 is 0 Å². The van der Waals surface area contributed by atoms with Crippen LogP contribution in [0.15, 0.2) is 24.3 Å². The van der Waals surface area contributed by atoms with E-state index in [0.717, 1.165) is 5.56 Å². The Morgan fingerprint density at radius 1 is 1.36 bits per heavy atom. The number of carbonyl (C=O) groups is 1. The molecule has 1 fully saturated rings. The quantitative estimate of drug-likeness (QED) is 0.804. The number of ether oxygens (including phenoxy) is 1. The zero-order chi connectivity index (χ0) is 16.2. The van der Waals surface area contributed by atoms with Crippen molar-refractivity contribution in [2.75, 3.05) is 19.8 Å². The second kappa shape index (κ2) is 6.76. The van der Waals surface area contributed by atoms with Crippen molar-refractivity contribution in [3.05, 3.63) is 35.4 Å². The molecule has 1 aliphatic rings. The van der Waals surface area contributed by atoms with Gasteiger partial charge in [-0.25, -0.2) is 13.1 Å². The van der Waals surface area contributed by atoms with Crippen LogP contribution in [0.2, 0.25) is 0 Å². The van der Waals surface area contributed by atoms with E-state index in [2.05, 4.69) is 4.72 Å². The highest BCUT2D eigenvalue weighted by Gasteiger charge is 2.39. The van der Waals surface area contributed by atoms with Crippen LogP contribution in [0, 0.1) is 12.3 Å². The van der Waals surface area contributed by atoms with Gasteiger partial charge in [0.05, 0.1) is 11.2 Å². The normalized spacial score (nSPS) is 18.0. The maximum Gasteiger partial charge on any atom is 0.225 e. The molecule has 0 radical (unpaired) electrons. The molecular formula is C15H22N2O4S. The number of aryl methyl sites for hydroxylation is 1. The molecule has 0 aromatic heterocycles. The molecule has 0 bridgehead atoms. The van der Waals surface area contributed by atoms with Crippen LogP contribution in [0.3, 0.4) is 0 Å². The largest absolute Gasteiger partial charge is 0.381 e. The van der Waals surface area contributed by atoms with Crippen molar-refractivity contribution in [2.24, 2.45) is 11.1 Å². The van der Waals surface area contributed by atoms with Crippen LogP contribution in [0.5, 0.6) is 0 Å². The molecule has 122 valence electrons. The molecule has 0 unspecified atom stereocenters. The average Bonchev–Trinajstić information content (AvgIpc) is 2.46. The standard InChI is InChI=1S/C15H22N2O4S/c1-12-3-2-4-13(9-12)10-22(19,20)17-11-15(14(16)18)5-7-21-8-6-15/h2-4,9,17H,5-8,10-11H2,1H3,(H2,16,18). The summed E-state index contributed by atoms with van der Waals surface area (Å²) in [6.07, 6.45) is 0.880. The average molecular weight is 326 g/mol. The molecule has 1 aromatic carbocycles. The SMILES string of the molecule is Cc1cccc(CS(=O)(=O)NCC2(C(N)=O)CCOCC2)c1. The van der Waals surface area contributed by atoms with E-state index in [-0.39, 0.29) is 12.3 Å². The second-order valence-electron chi connectivity index (χ2n) is 5.83. The highest BCUT2D eigenvalue weighted by atomic mass is 32.2. The van der Waals surface area contributed by atoms with E-state index < -0.39 is 21.3 Å². The molecule has 0 spiro atoms. The fraction of sp³-hybridized carbons (Fsp3) is 0.533. The van der Waals surface area contributed by atoms with Gasteiger partial charge in [0.25, 0.3) is 0 Å². The van der Waals surface area contributed by atoms with E-state index in [0.29, 0.717) is 31.6 Å². The Morgan fingerprint density at radius 3 is 2.64 bits per heavy atom. The molecule has 7 heteroatoms. The van der Waals surface area contributed by atoms with Gasteiger partial charge in [0.15, 0.2) is 0 Å². The molecule has 1 aromatic rings. The molecule has 0 atom stereocenters. The van der Waals surface area contributed by atoms with Gasteiger partial charge in [-0.2, -0.15) is 0 Å². The fourth-order valence-corrected chi connectivity index (χ4v) is 3.81. The summed E-state index contributed by atoms with van der Waals surface area (Å²) in [5, 5.41) is 0. The number of sulfonamides is 1. The smallest absolute Gasteiger partial charge is 0.225 e. The van der Waals surface area contributed by atoms with Gasteiger partial charge in [0.1, 0.15) is 0 Å². The van der Waals surface area contributed by atoms with Crippen LogP contribution < -0.4 is 10.5 Å². The summed E-state index contributed by atoms with van der Waals surface area (Å²) in [5.41, 5.74) is 6.35. The van der Waals surface area contributed by atoms with Crippen LogP contribution in [0.25, 0.3) is 0 Å². The lowest BCUT2D eigenvalue weighted by atomic mass is 9.80. The van der Waals surface area contributed by atoms with Crippen molar-refractivity contribution in [3.8, 4) is 0 Å². The summed E-state index contributed by atoms with van der Waals surface area (Å²) in [7, 11) is -3.52. The van der Waals surface area contributed by atoms with Crippen molar-refractivity contribution in [3.63, 3.8) is 0 Å². The van der Waals surface area contributed by atoms with Crippen molar-refractivity contribution in [1.29, 1.82) is 0 Å². The number of amides is 1. The minimum atomic E-state index is -3.52. The van der Waals surface area contributed by atoms with Crippen LogP contribution in [-0.4, -0.2) is 34.1 Å². The zero-order valence-corrected chi connectivity index (χ0v) is 13.5. The molecule has 2 rings (SSSR count). The van der Waals surface area contributed by atoms with E-state index in [1.165, 1.54) is 0 Å².